The molecule has 1 N–H and O–H groups in total. The summed E-state index contributed by atoms with van der Waals surface area (Å²) in [6.07, 6.45) is 0.115. The number of methoxy groups -OCH3 is 1. The van der Waals surface area contributed by atoms with Crippen molar-refractivity contribution >= 4 is 17.7 Å². The van der Waals surface area contributed by atoms with E-state index in [2.05, 4.69) is 10.1 Å². The van der Waals surface area contributed by atoms with Crippen LogP contribution in [-0.4, -0.2) is 33.6 Å². The number of hydrogen-bond acceptors (Lipinski definition) is 6. The van der Waals surface area contributed by atoms with E-state index >= 15 is 0 Å². The van der Waals surface area contributed by atoms with Crippen LogP contribution >= 0.6 is 11.8 Å². The smallest absolute Gasteiger partial charge is 0.304 e. The third-order valence-electron chi connectivity index (χ3n) is 2.77. The van der Waals surface area contributed by atoms with Crippen LogP contribution in [0.1, 0.15) is 19.2 Å². The Morgan fingerprint density at radius 1 is 1.43 bits per heavy atom. The first kappa shape index (κ1) is 15.4. The monoisotopic (exact) mass is 308 g/mol. The summed E-state index contributed by atoms with van der Waals surface area (Å²) in [7, 11) is 1.61. The molecule has 2 aromatic rings. The minimum Gasteiger partial charge on any atom is -0.497 e. The number of aromatic nitrogens is 2. The highest BCUT2D eigenvalue weighted by atomic mass is 32.2. The first-order chi connectivity index (χ1) is 10.1. The molecule has 1 aromatic carbocycles. The van der Waals surface area contributed by atoms with Crippen LogP contribution in [0.5, 0.6) is 5.75 Å². The Morgan fingerprint density at radius 2 is 2.14 bits per heavy atom. The molecule has 0 fully saturated rings. The van der Waals surface area contributed by atoms with Gasteiger partial charge in [-0.05, 0) is 24.3 Å². The molecule has 6 nitrogen and oxygen atoms in total. The topological polar surface area (TPSA) is 85.5 Å². The van der Waals surface area contributed by atoms with E-state index in [1.165, 1.54) is 11.8 Å². The third kappa shape index (κ3) is 4.49. The van der Waals surface area contributed by atoms with Crippen LogP contribution in [-0.2, 0) is 10.5 Å². The quantitative estimate of drug-likeness (QED) is 0.841. The molecular weight excluding hydrogens is 292 g/mol. The van der Waals surface area contributed by atoms with Crippen LogP contribution < -0.4 is 4.74 Å². The summed E-state index contributed by atoms with van der Waals surface area (Å²) in [5.41, 5.74) is 0.842. The maximum Gasteiger partial charge on any atom is 0.304 e. The van der Waals surface area contributed by atoms with Crippen molar-refractivity contribution in [1.82, 2.24) is 10.1 Å². The van der Waals surface area contributed by atoms with Gasteiger partial charge in [-0.2, -0.15) is 4.98 Å². The zero-order valence-corrected chi connectivity index (χ0v) is 12.6. The van der Waals surface area contributed by atoms with E-state index in [-0.39, 0.29) is 11.7 Å². The molecule has 0 bridgehead atoms. The lowest BCUT2D eigenvalue weighted by Crippen LogP contribution is -2.05. The van der Waals surface area contributed by atoms with Crippen molar-refractivity contribution in [1.29, 1.82) is 0 Å². The standard InChI is InChI=1S/C14H16N2O4S/c1-9(7-13(17)18)21-8-12-15-14(16-20-12)10-3-5-11(19-2)6-4-10/h3-6,9H,7-8H2,1-2H3,(H,17,18). The fraction of sp³-hybridized carbons (Fsp3) is 0.357. The van der Waals surface area contributed by atoms with Gasteiger partial charge >= 0.3 is 5.97 Å². The van der Waals surface area contributed by atoms with Crippen molar-refractivity contribution in [2.24, 2.45) is 0 Å². The molecule has 1 unspecified atom stereocenters. The maximum atomic E-state index is 10.6. The Morgan fingerprint density at radius 3 is 2.76 bits per heavy atom. The number of carbonyl (C=O) groups is 1. The number of aliphatic carboxylic acids is 1. The number of ether oxygens (including phenoxy) is 1. The van der Waals surface area contributed by atoms with Crippen LogP contribution in [0.15, 0.2) is 28.8 Å². The molecule has 0 saturated heterocycles. The molecule has 0 amide bonds. The van der Waals surface area contributed by atoms with Gasteiger partial charge in [0.25, 0.3) is 0 Å². The first-order valence-electron chi connectivity index (χ1n) is 6.39. The summed E-state index contributed by atoms with van der Waals surface area (Å²) in [6.45, 7) is 1.86. The van der Waals surface area contributed by atoms with Crippen LogP contribution in [0, 0.1) is 0 Å². The molecule has 0 radical (unpaired) electrons. The minimum atomic E-state index is -0.806. The van der Waals surface area contributed by atoms with Crippen molar-refractivity contribution in [3.8, 4) is 17.1 Å². The molecule has 0 spiro atoms. The van der Waals surface area contributed by atoms with Gasteiger partial charge in [-0.15, -0.1) is 11.8 Å². The molecule has 112 valence electrons. The molecule has 7 heteroatoms. The Balaban J connectivity index is 1.95. The molecule has 2 rings (SSSR count). The first-order valence-corrected chi connectivity index (χ1v) is 7.43. The fourth-order valence-corrected chi connectivity index (χ4v) is 2.49. The lowest BCUT2D eigenvalue weighted by atomic mass is 10.2. The second-order valence-corrected chi connectivity index (χ2v) is 5.89. The molecular formula is C14H16N2O4S. The summed E-state index contributed by atoms with van der Waals surface area (Å²) in [5.74, 6) is 1.46. The van der Waals surface area contributed by atoms with Crippen LogP contribution in [0.3, 0.4) is 0 Å². The summed E-state index contributed by atoms with van der Waals surface area (Å²) in [4.78, 5) is 14.9. The lowest BCUT2D eigenvalue weighted by Gasteiger charge is -2.04. The van der Waals surface area contributed by atoms with Crippen molar-refractivity contribution in [2.75, 3.05) is 7.11 Å². The summed E-state index contributed by atoms with van der Waals surface area (Å²) >= 11 is 1.48. The van der Waals surface area contributed by atoms with Crippen molar-refractivity contribution in [3.05, 3.63) is 30.2 Å². The molecule has 21 heavy (non-hydrogen) atoms. The summed E-state index contributed by atoms with van der Waals surface area (Å²) in [5, 5.41) is 12.6. The van der Waals surface area contributed by atoms with Gasteiger partial charge in [0.1, 0.15) is 5.75 Å². The predicted octanol–water partition coefficient (Wildman–Crippen LogP) is 2.84. The third-order valence-corrected chi connectivity index (χ3v) is 3.92. The second kappa shape index (κ2) is 7.12. The summed E-state index contributed by atoms with van der Waals surface area (Å²) < 4.78 is 10.3. The van der Waals surface area contributed by atoms with E-state index in [0.717, 1.165) is 11.3 Å². The van der Waals surface area contributed by atoms with E-state index in [1.54, 1.807) is 7.11 Å². The fourth-order valence-electron chi connectivity index (χ4n) is 1.69. The van der Waals surface area contributed by atoms with Gasteiger partial charge in [-0.25, -0.2) is 0 Å². The van der Waals surface area contributed by atoms with E-state index < -0.39 is 5.97 Å². The molecule has 1 atom stereocenters. The number of rotatable bonds is 7. The van der Waals surface area contributed by atoms with Gasteiger partial charge in [-0.3, -0.25) is 4.79 Å². The Kier molecular flexibility index (Phi) is 5.21. The molecule has 0 aliphatic rings. The van der Waals surface area contributed by atoms with Gasteiger partial charge in [0, 0.05) is 10.8 Å². The van der Waals surface area contributed by atoms with Crippen molar-refractivity contribution < 1.29 is 19.2 Å². The highest BCUT2D eigenvalue weighted by Gasteiger charge is 2.12. The Hall–Kier alpha value is -2.02. The normalized spacial score (nSPS) is 12.1. The number of benzene rings is 1. The highest BCUT2D eigenvalue weighted by molar-refractivity contribution is 7.99. The number of hydrogen-bond donors (Lipinski definition) is 1. The van der Waals surface area contributed by atoms with E-state index in [1.807, 2.05) is 31.2 Å². The van der Waals surface area contributed by atoms with Gasteiger partial charge < -0.3 is 14.4 Å². The largest absolute Gasteiger partial charge is 0.497 e. The lowest BCUT2D eigenvalue weighted by molar-refractivity contribution is -0.136. The van der Waals surface area contributed by atoms with Crippen LogP contribution in [0.4, 0.5) is 0 Å². The number of carboxylic acid groups (broad SMARTS) is 1. The van der Waals surface area contributed by atoms with E-state index in [0.29, 0.717) is 17.5 Å². The van der Waals surface area contributed by atoms with Crippen LogP contribution in [0.25, 0.3) is 11.4 Å². The molecule has 1 heterocycles. The van der Waals surface area contributed by atoms with Gasteiger partial charge in [0.05, 0.1) is 19.3 Å². The van der Waals surface area contributed by atoms with Gasteiger partial charge in [-0.1, -0.05) is 12.1 Å². The summed E-state index contributed by atoms with van der Waals surface area (Å²) in [6, 6.07) is 7.37. The Labute approximate surface area is 126 Å². The average Bonchev–Trinajstić information content (AvgIpc) is 2.93. The second-order valence-electron chi connectivity index (χ2n) is 4.46. The Bertz CT molecular complexity index is 597. The number of nitrogens with zero attached hydrogens (tertiary/aromatic N) is 2. The van der Waals surface area contributed by atoms with Gasteiger partial charge in [0.15, 0.2) is 0 Å². The van der Waals surface area contributed by atoms with E-state index in [9.17, 15) is 4.79 Å². The average molecular weight is 308 g/mol. The van der Waals surface area contributed by atoms with E-state index in [4.69, 9.17) is 14.4 Å². The minimum absolute atomic E-state index is 0.00108. The number of carboxylic acids is 1. The molecule has 0 saturated carbocycles. The van der Waals surface area contributed by atoms with Crippen LogP contribution in [0.2, 0.25) is 0 Å². The number of thioether (sulfide) groups is 1. The molecule has 1 aromatic heterocycles. The predicted molar refractivity (Wildman–Crippen MR) is 79.3 cm³/mol. The SMILES string of the molecule is COc1ccc(-c2noc(CSC(C)CC(=O)O)n2)cc1. The zero-order valence-electron chi connectivity index (χ0n) is 11.8. The van der Waals surface area contributed by atoms with Crippen molar-refractivity contribution in [2.45, 2.75) is 24.3 Å². The molecule has 0 aliphatic carbocycles. The van der Waals surface area contributed by atoms with Crippen molar-refractivity contribution in [3.63, 3.8) is 0 Å². The van der Waals surface area contributed by atoms with Gasteiger partial charge in [0.2, 0.25) is 11.7 Å². The zero-order chi connectivity index (χ0) is 15.2. The highest BCUT2D eigenvalue weighted by Crippen LogP contribution is 2.23. The maximum absolute atomic E-state index is 10.6. The molecule has 0 aliphatic heterocycles.